The first-order chi connectivity index (χ1) is 12.5. The van der Waals surface area contributed by atoms with Gasteiger partial charge in [0.15, 0.2) is 5.16 Å². The number of carbonyl (C=O) groups excluding carboxylic acids is 1. The van der Waals surface area contributed by atoms with Gasteiger partial charge in [0.05, 0.1) is 16.3 Å². The zero-order chi connectivity index (χ0) is 18.3. The molecular weight excluding hydrogens is 346 g/mol. The van der Waals surface area contributed by atoms with Crippen LogP contribution in [-0.2, 0) is 0 Å². The number of nitrogens with zero attached hydrogens (tertiary/aromatic N) is 2. The lowest BCUT2D eigenvalue weighted by atomic mass is 10.2. The number of H-pyrrole nitrogens is 1. The average Bonchev–Trinajstić information content (AvgIpc) is 2.94. The molecule has 0 unspecified atom stereocenters. The predicted octanol–water partition coefficient (Wildman–Crippen LogP) is 4.01. The summed E-state index contributed by atoms with van der Waals surface area (Å²) in [7, 11) is 0. The van der Waals surface area contributed by atoms with Crippen molar-refractivity contribution in [1.29, 1.82) is 0 Å². The highest BCUT2D eigenvalue weighted by Gasteiger charge is 2.22. The van der Waals surface area contributed by atoms with Crippen LogP contribution in [0.25, 0.3) is 21.8 Å². The van der Waals surface area contributed by atoms with Crippen molar-refractivity contribution >= 4 is 39.5 Å². The largest absolute Gasteiger partial charge is 0.301 e. The standard InChI is InChI=1S/C20H17N3O2S/c1-12-11-18(24)22-20(21-12)26-13(2)19(25)23-16-9-5-3-7-14(16)15-8-4-6-10-17(15)23/h3-11,13H,1-2H3,(H,21,22,24)/t13-/m0/s1. The van der Waals surface area contributed by atoms with E-state index in [2.05, 4.69) is 9.97 Å². The number of aromatic amines is 1. The maximum absolute atomic E-state index is 13.2. The summed E-state index contributed by atoms with van der Waals surface area (Å²) in [5.41, 5.74) is 2.19. The average molecular weight is 363 g/mol. The number of carbonyl (C=O) groups is 1. The van der Waals surface area contributed by atoms with Crippen LogP contribution in [0.1, 0.15) is 17.4 Å². The monoisotopic (exact) mass is 363 g/mol. The highest BCUT2D eigenvalue weighted by Crippen LogP contribution is 2.30. The number of hydrogen-bond donors (Lipinski definition) is 1. The molecule has 26 heavy (non-hydrogen) atoms. The lowest BCUT2D eigenvalue weighted by molar-refractivity contribution is 0.0925. The molecule has 1 atom stereocenters. The van der Waals surface area contributed by atoms with Crippen LogP contribution < -0.4 is 5.56 Å². The molecule has 0 aliphatic carbocycles. The van der Waals surface area contributed by atoms with E-state index in [0.717, 1.165) is 21.8 Å². The van der Waals surface area contributed by atoms with E-state index in [1.54, 1.807) is 11.5 Å². The predicted molar refractivity (Wildman–Crippen MR) is 105 cm³/mol. The molecule has 5 nitrogen and oxygen atoms in total. The number of nitrogens with one attached hydrogen (secondary N) is 1. The Labute approximate surface area is 154 Å². The molecule has 2 heterocycles. The van der Waals surface area contributed by atoms with Crippen molar-refractivity contribution in [2.45, 2.75) is 24.3 Å². The van der Waals surface area contributed by atoms with Gasteiger partial charge in [-0.2, -0.15) is 0 Å². The third-order valence-electron chi connectivity index (χ3n) is 4.28. The van der Waals surface area contributed by atoms with Crippen LogP contribution in [0, 0.1) is 6.92 Å². The first kappa shape index (κ1) is 16.6. The molecule has 0 radical (unpaired) electrons. The highest BCUT2D eigenvalue weighted by molar-refractivity contribution is 8.00. The number of rotatable bonds is 3. The first-order valence-corrected chi connectivity index (χ1v) is 9.19. The molecule has 0 saturated carbocycles. The maximum Gasteiger partial charge on any atom is 0.251 e. The molecule has 130 valence electrons. The summed E-state index contributed by atoms with van der Waals surface area (Å²) in [4.78, 5) is 31.9. The van der Waals surface area contributed by atoms with Crippen molar-refractivity contribution in [3.05, 3.63) is 70.6 Å². The smallest absolute Gasteiger partial charge is 0.251 e. The minimum atomic E-state index is -0.404. The minimum absolute atomic E-state index is 0.0449. The molecule has 6 heteroatoms. The Hall–Kier alpha value is -2.86. The second kappa shape index (κ2) is 6.46. The summed E-state index contributed by atoms with van der Waals surface area (Å²) in [6.07, 6.45) is 0. The van der Waals surface area contributed by atoms with Crippen LogP contribution in [-0.4, -0.2) is 25.7 Å². The van der Waals surface area contributed by atoms with Gasteiger partial charge < -0.3 is 4.98 Å². The third-order valence-corrected chi connectivity index (χ3v) is 5.26. The minimum Gasteiger partial charge on any atom is -0.301 e. The molecule has 4 rings (SSSR count). The van der Waals surface area contributed by atoms with Crippen molar-refractivity contribution < 1.29 is 4.79 Å². The van der Waals surface area contributed by atoms with E-state index in [9.17, 15) is 9.59 Å². The number of aryl methyl sites for hydroxylation is 1. The topological polar surface area (TPSA) is 67.8 Å². The fourth-order valence-corrected chi connectivity index (χ4v) is 4.06. The molecule has 0 aliphatic rings. The molecule has 2 aromatic carbocycles. The van der Waals surface area contributed by atoms with E-state index in [1.165, 1.54) is 17.8 Å². The van der Waals surface area contributed by atoms with Crippen molar-refractivity contribution in [3.63, 3.8) is 0 Å². The molecule has 0 aliphatic heterocycles. The van der Waals surface area contributed by atoms with E-state index < -0.39 is 5.25 Å². The number of benzene rings is 2. The van der Waals surface area contributed by atoms with Crippen molar-refractivity contribution in [1.82, 2.24) is 14.5 Å². The summed E-state index contributed by atoms with van der Waals surface area (Å²) >= 11 is 1.26. The molecule has 0 spiro atoms. The van der Waals surface area contributed by atoms with Gasteiger partial charge in [0.1, 0.15) is 0 Å². The molecule has 0 bridgehead atoms. The Morgan fingerprint density at radius 1 is 1.08 bits per heavy atom. The van der Waals surface area contributed by atoms with Gasteiger partial charge in [-0.1, -0.05) is 48.2 Å². The molecule has 4 aromatic rings. The van der Waals surface area contributed by atoms with E-state index >= 15 is 0 Å². The quantitative estimate of drug-likeness (QED) is 0.441. The van der Waals surface area contributed by atoms with Crippen molar-refractivity contribution in [2.24, 2.45) is 0 Å². The Morgan fingerprint density at radius 3 is 2.23 bits per heavy atom. The highest BCUT2D eigenvalue weighted by atomic mass is 32.2. The molecule has 0 amide bonds. The summed E-state index contributed by atoms with van der Waals surface area (Å²) in [6.45, 7) is 3.59. The Balaban J connectivity index is 1.78. The van der Waals surface area contributed by atoms with Gasteiger partial charge in [-0.05, 0) is 26.0 Å². The fourth-order valence-electron chi connectivity index (χ4n) is 3.17. The molecule has 2 aromatic heterocycles. The van der Waals surface area contributed by atoms with Gasteiger partial charge in [0.2, 0.25) is 5.91 Å². The lowest BCUT2D eigenvalue weighted by Gasteiger charge is -2.12. The normalized spacial score (nSPS) is 12.5. The van der Waals surface area contributed by atoms with Crippen molar-refractivity contribution in [2.75, 3.05) is 0 Å². The summed E-state index contributed by atoms with van der Waals surface area (Å²) < 4.78 is 1.76. The number of aromatic nitrogens is 3. The van der Waals surface area contributed by atoms with Gasteiger partial charge in [-0.3, -0.25) is 14.2 Å². The molecular formula is C20H17N3O2S. The first-order valence-electron chi connectivity index (χ1n) is 8.31. The molecule has 0 saturated heterocycles. The van der Waals surface area contributed by atoms with Gasteiger partial charge in [-0.15, -0.1) is 0 Å². The van der Waals surface area contributed by atoms with Gasteiger partial charge in [0, 0.05) is 22.5 Å². The molecule has 1 N–H and O–H groups in total. The SMILES string of the molecule is Cc1cc(=O)[nH]c(S[C@@H](C)C(=O)n2c3ccccc3c3ccccc32)n1. The number of thioether (sulfide) groups is 1. The van der Waals surface area contributed by atoms with Gasteiger partial charge in [0.25, 0.3) is 5.56 Å². The van der Waals surface area contributed by atoms with Gasteiger partial charge in [-0.25, -0.2) is 4.98 Å². The van der Waals surface area contributed by atoms with E-state index in [4.69, 9.17) is 0 Å². The second-order valence-corrected chi connectivity index (χ2v) is 7.49. The van der Waals surface area contributed by atoms with E-state index in [0.29, 0.717) is 10.9 Å². The summed E-state index contributed by atoms with van der Waals surface area (Å²) in [6, 6.07) is 17.2. The van der Waals surface area contributed by atoms with Crippen molar-refractivity contribution in [3.8, 4) is 0 Å². The summed E-state index contributed by atoms with van der Waals surface area (Å²) in [5, 5.41) is 2.15. The fraction of sp³-hybridized carbons (Fsp3) is 0.150. The third kappa shape index (κ3) is 2.82. The van der Waals surface area contributed by atoms with E-state index in [1.807, 2.05) is 55.5 Å². The van der Waals surface area contributed by atoms with Crippen LogP contribution in [0.15, 0.2) is 64.5 Å². The van der Waals surface area contributed by atoms with Crippen LogP contribution in [0.5, 0.6) is 0 Å². The number of hydrogen-bond acceptors (Lipinski definition) is 4. The second-order valence-electron chi connectivity index (χ2n) is 6.16. The van der Waals surface area contributed by atoms with E-state index in [-0.39, 0.29) is 11.5 Å². The molecule has 0 fully saturated rings. The number of fused-ring (bicyclic) bond motifs is 3. The zero-order valence-corrected chi connectivity index (χ0v) is 15.2. The van der Waals surface area contributed by atoms with Crippen LogP contribution >= 0.6 is 11.8 Å². The Bertz CT molecular complexity index is 1140. The Morgan fingerprint density at radius 2 is 1.65 bits per heavy atom. The maximum atomic E-state index is 13.2. The zero-order valence-electron chi connectivity index (χ0n) is 14.4. The lowest BCUT2D eigenvalue weighted by Crippen LogP contribution is -2.22. The number of para-hydroxylation sites is 2. The van der Waals surface area contributed by atoms with Crippen LogP contribution in [0.4, 0.5) is 0 Å². The van der Waals surface area contributed by atoms with Crippen LogP contribution in [0.3, 0.4) is 0 Å². The van der Waals surface area contributed by atoms with Gasteiger partial charge >= 0.3 is 0 Å². The summed E-state index contributed by atoms with van der Waals surface area (Å²) in [5.74, 6) is -0.0449. The van der Waals surface area contributed by atoms with Crippen LogP contribution in [0.2, 0.25) is 0 Å². The Kier molecular flexibility index (Phi) is 4.12.